The third-order valence-corrected chi connectivity index (χ3v) is 5.81. The Bertz CT molecular complexity index is 879. The number of rotatable bonds is 3. The summed E-state index contributed by atoms with van der Waals surface area (Å²) in [5.41, 5.74) is 2.89. The van der Waals surface area contributed by atoms with E-state index in [1.54, 1.807) is 23.1 Å². The molecule has 2 aromatic carbocycles. The third-order valence-electron chi connectivity index (χ3n) is 5.38. The summed E-state index contributed by atoms with van der Waals surface area (Å²) >= 11 is 12.1. The van der Waals surface area contributed by atoms with Gasteiger partial charge in [0.1, 0.15) is 6.04 Å². The molecule has 0 aromatic heterocycles. The van der Waals surface area contributed by atoms with Crippen LogP contribution < -0.4 is 5.32 Å². The summed E-state index contributed by atoms with van der Waals surface area (Å²) in [6.07, 6.45) is 3.34. The maximum atomic E-state index is 12.9. The molecule has 0 spiro atoms. The van der Waals surface area contributed by atoms with Crippen molar-refractivity contribution in [1.29, 1.82) is 0 Å². The Hall–Kier alpha value is -2.04. The van der Waals surface area contributed by atoms with Crippen LogP contribution >= 0.6 is 23.2 Å². The lowest BCUT2D eigenvalue weighted by Crippen LogP contribution is -2.46. The van der Waals surface area contributed by atoms with E-state index in [9.17, 15) is 9.59 Å². The minimum absolute atomic E-state index is 0.0202. The second-order valence-corrected chi connectivity index (χ2v) is 7.99. The van der Waals surface area contributed by atoms with Gasteiger partial charge in [-0.1, -0.05) is 47.5 Å². The first kappa shape index (κ1) is 18.3. The van der Waals surface area contributed by atoms with Crippen molar-refractivity contribution in [1.82, 2.24) is 10.2 Å². The molecule has 140 valence electrons. The Morgan fingerprint density at radius 2 is 1.78 bits per heavy atom. The summed E-state index contributed by atoms with van der Waals surface area (Å²) in [5, 5.41) is 3.97. The van der Waals surface area contributed by atoms with E-state index < -0.39 is 6.04 Å². The SMILES string of the molecule is O=C(NC1CCc2ccccc21)C1CCCN1C(=O)c1cc(Cl)cc(Cl)c1. The van der Waals surface area contributed by atoms with Crippen molar-refractivity contribution in [2.75, 3.05) is 6.54 Å². The van der Waals surface area contributed by atoms with E-state index in [0.29, 0.717) is 28.6 Å². The van der Waals surface area contributed by atoms with Crippen LogP contribution in [0.25, 0.3) is 0 Å². The Morgan fingerprint density at radius 3 is 2.56 bits per heavy atom. The summed E-state index contributed by atoms with van der Waals surface area (Å²) in [7, 11) is 0. The van der Waals surface area contributed by atoms with Crippen molar-refractivity contribution in [2.45, 2.75) is 37.8 Å². The van der Waals surface area contributed by atoms with Crippen molar-refractivity contribution in [3.63, 3.8) is 0 Å². The summed E-state index contributed by atoms with van der Waals surface area (Å²) in [6, 6.07) is 12.5. The van der Waals surface area contributed by atoms with Crippen LogP contribution in [0, 0.1) is 0 Å². The number of hydrogen-bond donors (Lipinski definition) is 1. The molecule has 1 N–H and O–H groups in total. The monoisotopic (exact) mass is 402 g/mol. The average Bonchev–Trinajstić information content (AvgIpc) is 3.28. The van der Waals surface area contributed by atoms with Crippen molar-refractivity contribution in [3.8, 4) is 0 Å². The van der Waals surface area contributed by atoms with E-state index in [2.05, 4.69) is 17.4 Å². The molecule has 1 heterocycles. The fraction of sp³-hybridized carbons (Fsp3) is 0.333. The van der Waals surface area contributed by atoms with Crippen LogP contribution in [0.5, 0.6) is 0 Å². The molecule has 4 nitrogen and oxygen atoms in total. The number of amides is 2. The predicted octanol–water partition coefficient (Wildman–Crippen LogP) is 4.40. The quantitative estimate of drug-likeness (QED) is 0.826. The first-order valence-corrected chi connectivity index (χ1v) is 9.94. The number of carbonyl (C=O) groups is 2. The van der Waals surface area contributed by atoms with Crippen molar-refractivity contribution in [3.05, 3.63) is 69.2 Å². The fourth-order valence-corrected chi connectivity index (χ4v) is 4.63. The molecular formula is C21H20Cl2N2O2. The standard InChI is InChI=1S/C21H20Cl2N2O2/c22-15-10-14(11-16(23)12-15)21(27)25-9-3-6-19(25)20(26)24-18-8-7-13-4-1-2-5-17(13)18/h1-2,4-5,10-12,18-19H,3,6-9H2,(H,24,26). The molecule has 0 bridgehead atoms. The Morgan fingerprint density at radius 1 is 1.04 bits per heavy atom. The minimum atomic E-state index is -0.456. The van der Waals surface area contributed by atoms with E-state index >= 15 is 0 Å². The van der Waals surface area contributed by atoms with Gasteiger partial charge in [-0.05, 0) is 55.0 Å². The molecule has 2 aromatic rings. The summed E-state index contributed by atoms with van der Waals surface area (Å²) < 4.78 is 0. The molecule has 1 aliphatic carbocycles. The van der Waals surface area contributed by atoms with Gasteiger partial charge in [-0.3, -0.25) is 9.59 Å². The molecule has 2 unspecified atom stereocenters. The number of carbonyl (C=O) groups excluding carboxylic acids is 2. The average molecular weight is 403 g/mol. The number of benzene rings is 2. The number of nitrogens with zero attached hydrogens (tertiary/aromatic N) is 1. The molecule has 1 fully saturated rings. The maximum absolute atomic E-state index is 12.9. The van der Waals surface area contributed by atoms with Gasteiger partial charge in [0, 0.05) is 22.2 Å². The first-order chi connectivity index (χ1) is 13.0. The zero-order valence-corrected chi connectivity index (χ0v) is 16.3. The van der Waals surface area contributed by atoms with Crippen LogP contribution in [0.15, 0.2) is 42.5 Å². The van der Waals surface area contributed by atoms with Crippen LogP contribution in [0.1, 0.15) is 46.8 Å². The fourth-order valence-electron chi connectivity index (χ4n) is 4.10. The zero-order chi connectivity index (χ0) is 19.0. The molecule has 2 aliphatic rings. The lowest BCUT2D eigenvalue weighted by molar-refractivity contribution is -0.125. The van der Waals surface area contributed by atoms with E-state index in [0.717, 1.165) is 19.3 Å². The number of nitrogens with one attached hydrogen (secondary N) is 1. The second kappa shape index (κ2) is 7.53. The number of fused-ring (bicyclic) bond motifs is 1. The zero-order valence-electron chi connectivity index (χ0n) is 14.8. The van der Waals surface area contributed by atoms with Gasteiger partial charge in [-0.15, -0.1) is 0 Å². The summed E-state index contributed by atoms with van der Waals surface area (Å²) in [4.78, 5) is 27.5. The normalized spacial score (nSPS) is 21.2. The summed E-state index contributed by atoms with van der Waals surface area (Å²) in [5.74, 6) is -0.292. The van der Waals surface area contributed by atoms with Crippen molar-refractivity contribution >= 4 is 35.0 Å². The molecule has 0 saturated carbocycles. The minimum Gasteiger partial charge on any atom is -0.347 e. The largest absolute Gasteiger partial charge is 0.347 e. The topological polar surface area (TPSA) is 49.4 Å². The molecule has 1 saturated heterocycles. The van der Waals surface area contributed by atoms with Gasteiger partial charge >= 0.3 is 0 Å². The van der Waals surface area contributed by atoms with E-state index in [1.807, 2.05) is 12.1 Å². The molecule has 2 amide bonds. The van der Waals surface area contributed by atoms with Crippen LogP contribution in [0.3, 0.4) is 0 Å². The highest BCUT2D eigenvalue weighted by atomic mass is 35.5. The lowest BCUT2D eigenvalue weighted by atomic mass is 10.1. The molecule has 2 atom stereocenters. The highest BCUT2D eigenvalue weighted by Gasteiger charge is 2.36. The van der Waals surface area contributed by atoms with E-state index in [1.165, 1.54) is 11.1 Å². The number of likely N-dealkylation sites (tertiary alicyclic amines) is 1. The van der Waals surface area contributed by atoms with Gasteiger partial charge in [-0.25, -0.2) is 0 Å². The molecule has 4 rings (SSSR count). The molecule has 27 heavy (non-hydrogen) atoms. The maximum Gasteiger partial charge on any atom is 0.254 e. The Labute approximate surface area is 168 Å². The van der Waals surface area contributed by atoms with Gasteiger partial charge < -0.3 is 10.2 Å². The summed E-state index contributed by atoms with van der Waals surface area (Å²) in [6.45, 7) is 0.558. The van der Waals surface area contributed by atoms with Crippen LogP contribution in [-0.4, -0.2) is 29.3 Å². The molecular weight excluding hydrogens is 383 g/mol. The van der Waals surface area contributed by atoms with E-state index in [-0.39, 0.29) is 17.9 Å². The van der Waals surface area contributed by atoms with Crippen molar-refractivity contribution in [2.24, 2.45) is 0 Å². The number of aryl methyl sites for hydroxylation is 1. The Kier molecular flexibility index (Phi) is 5.11. The first-order valence-electron chi connectivity index (χ1n) is 9.18. The number of halogens is 2. The molecule has 0 radical (unpaired) electrons. The van der Waals surface area contributed by atoms with Gasteiger partial charge in [0.05, 0.1) is 6.04 Å². The van der Waals surface area contributed by atoms with Crippen LogP contribution in [-0.2, 0) is 11.2 Å². The van der Waals surface area contributed by atoms with Crippen LogP contribution in [0.4, 0.5) is 0 Å². The van der Waals surface area contributed by atoms with Gasteiger partial charge in [-0.2, -0.15) is 0 Å². The second-order valence-electron chi connectivity index (χ2n) is 7.11. The van der Waals surface area contributed by atoms with Crippen molar-refractivity contribution < 1.29 is 9.59 Å². The Balaban J connectivity index is 1.50. The van der Waals surface area contributed by atoms with Gasteiger partial charge in [0.2, 0.25) is 5.91 Å². The van der Waals surface area contributed by atoms with Gasteiger partial charge in [0.25, 0.3) is 5.91 Å². The molecule has 6 heteroatoms. The van der Waals surface area contributed by atoms with Gasteiger partial charge in [0.15, 0.2) is 0 Å². The predicted molar refractivity (Wildman–Crippen MR) is 106 cm³/mol. The smallest absolute Gasteiger partial charge is 0.254 e. The lowest BCUT2D eigenvalue weighted by Gasteiger charge is -2.26. The van der Waals surface area contributed by atoms with Crippen LogP contribution in [0.2, 0.25) is 10.0 Å². The third kappa shape index (κ3) is 3.69. The highest BCUT2D eigenvalue weighted by molar-refractivity contribution is 6.35. The van der Waals surface area contributed by atoms with E-state index in [4.69, 9.17) is 23.2 Å². The highest BCUT2D eigenvalue weighted by Crippen LogP contribution is 2.31. The number of hydrogen-bond acceptors (Lipinski definition) is 2. The molecule has 1 aliphatic heterocycles.